The molecular weight excluding hydrogens is 378 g/mol. The summed E-state index contributed by atoms with van der Waals surface area (Å²) in [5, 5.41) is 8.54. The third-order valence-corrected chi connectivity index (χ3v) is 6.00. The number of nitrogens with zero attached hydrogens (tertiary/aromatic N) is 6. The Morgan fingerprint density at radius 2 is 1.87 bits per heavy atom. The van der Waals surface area contributed by atoms with Crippen LogP contribution in [0.1, 0.15) is 36.8 Å². The predicted octanol–water partition coefficient (Wildman–Crippen LogP) is 3.53. The maximum absolute atomic E-state index is 5.80. The van der Waals surface area contributed by atoms with E-state index in [0.717, 1.165) is 40.9 Å². The lowest BCUT2D eigenvalue weighted by Crippen LogP contribution is -2.28. The van der Waals surface area contributed by atoms with Gasteiger partial charge in [-0.25, -0.2) is 9.97 Å². The molecule has 8 heteroatoms. The highest BCUT2D eigenvalue weighted by atomic mass is 16.5. The van der Waals surface area contributed by atoms with Crippen molar-refractivity contribution in [2.24, 2.45) is 13.0 Å². The van der Waals surface area contributed by atoms with Gasteiger partial charge in [0.05, 0.1) is 34.8 Å². The number of anilines is 1. The molecule has 0 unspecified atom stereocenters. The number of rotatable bonds is 5. The monoisotopic (exact) mass is 401 g/mol. The molecule has 1 aliphatic rings. The SMILES string of the molecule is Cc1nc(-c2ccc([C@@](C)(c3noc(-c4cnn(C)c4)n3)C3CC3)cc2)cnc1N. The number of nitrogens with two attached hydrogens (primary N) is 1. The standard InChI is InChI=1S/C22H23N7O/c1-13-19(23)24-11-18(26-13)14-4-6-16(7-5-14)22(2,17-8-9-17)21-27-20(30-28-21)15-10-25-29(3)12-15/h4-7,10-12,17H,8-9H2,1-3H3,(H2,23,24)/t22-/m1/s1. The van der Waals surface area contributed by atoms with E-state index in [9.17, 15) is 0 Å². The summed E-state index contributed by atoms with van der Waals surface area (Å²) in [5.41, 5.74) is 10.00. The minimum Gasteiger partial charge on any atom is -0.382 e. The smallest absolute Gasteiger partial charge is 0.261 e. The van der Waals surface area contributed by atoms with Crippen molar-refractivity contribution in [3.8, 4) is 22.7 Å². The van der Waals surface area contributed by atoms with E-state index in [-0.39, 0.29) is 5.41 Å². The van der Waals surface area contributed by atoms with E-state index in [0.29, 0.717) is 23.5 Å². The van der Waals surface area contributed by atoms with Gasteiger partial charge in [0.15, 0.2) is 5.82 Å². The molecule has 0 spiro atoms. The van der Waals surface area contributed by atoms with Crippen LogP contribution in [0.15, 0.2) is 47.4 Å². The first-order chi connectivity index (χ1) is 14.4. The van der Waals surface area contributed by atoms with Crippen molar-refractivity contribution in [3.63, 3.8) is 0 Å². The topological polar surface area (TPSA) is 109 Å². The molecule has 1 aromatic carbocycles. The molecule has 0 radical (unpaired) electrons. The molecule has 0 saturated heterocycles. The Bertz CT molecular complexity index is 1210. The van der Waals surface area contributed by atoms with Gasteiger partial charge in [-0.05, 0) is 38.2 Å². The van der Waals surface area contributed by atoms with Crippen molar-refractivity contribution >= 4 is 5.82 Å². The van der Waals surface area contributed by atoms with Crippen LogP contribution in [0.3, 0.4) is 0 Å². The van der Waals surface area contributed by atoms with Crippen LogP contribution < -0.4 is 5.73 Å². The van der Waals surface area contributed by atoms with Gasteiger partial charge in [-0.15, -0.1) is 0 Å². The molecule has 152 valence electrons. The lowest BCUT2D eigenvalue weighted by atomic mass is 9.77. The number of aromatic nitrogens is 6. The fourth-order valence-corrected chi connectivity index (χ4v) is 3.91. The second-order valence-corrected chi connectivity index (χ2v) is 8.11. The number of hydrogen-bond donors (Lipinski definition) is 1. The van der Waals surface area contributed by atoms with Crippen LogP contribution in [-0.2, 0) is 12.5 Å². The van der Waals surface area contributed by atoms with Crippen LogP contribution in [0.4, 0.5) is 5.82 Å². The van der Waals surface area contributed by atoms with E-state index >= 15 is 0 Å². The van der Waals surface area contributed by atoms with E-state index < -0.39 is 0 Å². The third-order valence-electron chi connectivity index (χ3n) is 6.00. The van der Waals surface area contributed by atoms with Gasteiger partial charge in [0.1, 0.15) is 5.82 Å². The lowest BCUT2D eigenvalue weighted by molar-refractivity contribution is 0.386. The number of benzene rings is 1. The van der Waals surface area contributed by atoms with Crippen molar-refractivity contribution in [1.29, 1.82) is 0 Å². The average Bonchev–Trinajstić information content (AvgIpc) is 3.33. The van der Waals surface area contributed by atoms with Gasteiger partial charge in [-0.3, -0.25) is 4.68 Å². The quantitative estimate of drug-likeness (QED) is 0.545. The van der Waals surface area contributed by atoms with Gasteiger partial charge in [0.2, 0.25) is 0 Å². The molecular formula is C22H23N7O. The highest BCUT2D eigenvalue weighted by molar-refractivity contribution is 5.60. The molecule has 4 aromatic rings. The zero-order valence-electron chi connectivity index (χ0n) is 17.2. The second kappa shape index (κ2) is 6.76. The Morgan fingerprint density at radius 1 is 1.10 bits per heavy atom. The molecule has 1 saturated carbocycles. The molecule has 3 heterocycles. The first-order valence-electron chi connectivity index (χ1n) is 9.98. The summed E-state index contributed by atoms with van der Waals surface area (Å²) in [6.45, 7) is 4.06. The van der Waals surface area contributed by atoms with Crippen LogP contribution in [0, 0.1) is 12.8 Å². The summed E-state index contributed by atoms with van der Waals surface area (Å²) >= 11 is 0. The highest BCUT2D eigenvalue weighted by Crippen LogP contribution is 2.50. The summed E-state index contributed by atoms with van der Waals surface area (Å²) < 4.78 is 7.30. The van der Waals surface area contributed by atoms with Crippen LogP contribution in [0.5, 0.6) is 0 Å². The normalized spacial score (nSPS) is 15.8. The zero-order chi connectivity index (χ0) is 20.9. The van der Waals surface area contributed by atoms with Crippen LogP contribution in [0.25, 0.3) is 22.7 Å². The van der Waals surface area contributed by atoms with Crippen molar-refractivity contribution in [1.82, 2.24) is 29.9 Å². The maximum Gasteiger partial charge on any atom is 0.261 e. The summed E-state index contributed by atoms with van der Waals surface area (Å²) in [7, 11) is 1.86. The van der Waals surface area contributed by atoms with Gasteiger partial charge < -0.3 is 10.3 Å². The molecule has 2 N–H and O–H groups in total. The fourth-order valence-electron chi connectivity index (χ4n) is 3.91. The van der Waals surface area contributed by atoms with Crippen molar-refractivity contribution in [2.45, 2.75) is 32.1 Å². The first kappa shape index (κ1) is 18.5. The Balaban J connectivity index is 1.50. The zero-order valence-corrected chi connectivity index (χ0v) is 17.2. The highest BCUT2D eigenvalue weighted by Gasteiger charge is 2.47. The molecule has 30 heavy (non-hydrogen) atoms. The molecule has 5 rings (SSSR count). The minimum absolute atomic E-state index is 0.314. The number of hydrogen-bond acceptors (Lipinski definition) is 7. The van der Waals surface area contributed by atoms with Crippen molar-refractivity contribution in [3.05, 3.63) is 59.9 Å². The van der Waals surface area contributed by atoms with E-state index in [1.165, 1.54) is 0 Å². The van der Waals surface area contributed by atoms with E-state index in [1.807, 2.05) is 20.2 Å². The Kier molecular flexibility index (Phi) is 4.16. The third kappa shape index (κ3) is 3.04. The Labute approximate surface area is 174 Å². The van der Waals surface area contributed by atoms with Gasteiger partial charge in [0, 0.05) is 18.8 Å². The second-order valence-electron chi connectivity index (χ2n) is 8.11. The number of nitrogen functional groups attached to an aromatic ring is 1. The summed E-state index contributed by atoms with van der Waals surface area (Å²) in [4.78, 5) is 13.5. The van der Waals surface area contributed by atoms with Crippen LogP contribution in [0.2, 0.25) is 0 Å². The summed E-state index contributed by atoms with van der Waals surface area (Å²) in [6.07, 6.45) is 7.61. The minimum atomic E-state index is -0.314. The molecule has 1 atom stereocenters. The van der Waals surface area contributed by atoms with E-state index in [4.69, 9.17) is 15.2 Å². The first-order valence-corrected chi connectivity index (χ1v) is 9.98. The molecule has 8 nitrogen and oxygen atoms in total. The van der Waals surface area contributed by atoms with Gasteiger partial charge in [-0.2, -0.15) is 10.1 Å². The Morgan fingerprint density at radius 3 is 2.50 bits per heavy atom. The lowest BCUT2D eigenvalue weighted by Gasteiger charge is -2.27. The van der Waals surface area contributed by atoms with Gasteiger partial charge in [-0.1, -0.05) is 29.4 Å². The van der Waals surface area contributed by atoms with Gasteiger partial charge >= 0.3 is 0 Å². The molecule has 0 aliphatic heterocycles. The van der Waals surface area contributed by atoms with E-state index in [1.54, 1.807) is 17.1 Å². The van der Waals surface area contributed by atoms with Crippen molar-refractivity contribution in [2.75, 3.05) is 5.73 Å². The molecule has 3 aromatic heterocycles. The fraction of sp³-hybridized carbons (Fsp3) is 0.318. The predicted molar refractivity (Wildman–Crippen MR) is 112 cm³/mol. The molecule has 1 fully saturated rings. The van der Waals surface area contributed by atoms with E-state index in [2.05, 4.69) is 51.4 Å². The maximum atomic E-state index is 5.80. The largest absolute Gasteiger partial charge is 0.382 e. The van der Waals surface area contributed by atoms with Crippen LogP contribution >= 0.6 is 0 Å². The Hall–Kier alpha value is -3.55. The van der Waals surface area contributed by atoms with Crippen LogP contribution in [-0.4, -0.2) is 29.9 Å². The molecule has 1 aliphatic carbocycles. The van der Waals surface area contributed by atoms with Crippen molar-refractivity contribution < 1.29 is 4.52 Å². The van der Waals surface area contributed by atoms with Gasteiger partial charge in [0.25, 0.3) is 5.89 Å². The molecule has 0 bridgehead atoms. The number of aryl methyl sites for hydroxylation is 2. The summed E-state index contributed by atoms with van der Waals surface area (Å²) in [6, 6.07) is 8.39. The molecule has 0 amide bonds. The summed E-state index contributed by atoms with van der Waals surface area (Å²) in [5.74, 6) is 2.15. The average molecular weight is 401 g/mol.